The molecule has 0 saturated heterocycles. The Morgan fingerprint density at radius 2 is 1.55 bits per heavy atom. The fraction of sp³-hybridized carbons (Fsp3) is 0.833. The summed E-state index contributed by atoms with van der Waals surface area (Å²) < 4.78 is 0. The zero-order chi connectivity index (χ0) is 9.02. The molecule has 0 aromatic heterocycles. The molecule has 0 heterocycles. The van der Waals surface area contributed by atoms with Crippen molar-refractivity contribution in [3.8, 4) is 0 Å². The molecule has 0 aromatic rings. The molecule has 0 radical (unpaired) electrons. The second-order valence-electron chi connectivity index (χ2n) is 2.35. The lowest BCUT2D eigenvalue weighted by molar-refractivity contribution is -0.132. The molecule has 4 N–H and O–H groups in total. The number of carbonyl (C=O) groups excluding carboxylic acids is 1. The summed E-state index contributed by atoms with van der Waals surface area (Å²) in [5.41, 5.74) is 0. The van der Waals surface area contributed by atoms with Gasteiger partial charge in [-0.2, -0.15) is 0 Å². The van der Waals surface area contributed by atoms with Crippen LogP contribution in [0.1, 0.15) is 6.92 Å². The van der Waals surface area contributed by atoms with Gasteiger partial charge in [0.05, 0.1) is 6.10 Å². The Morgan fingerprint density at radius 3 is 1.82 bits per heavy atom. The number of hydrogen-bond donors (Lipinski definition) is 4. The van der Waals surface area contributed by atoms with Gasteiger partial charge >= 0.3 is 0 Å². The van der Waals surface area contributed by atoms with Crippen LogP contribution in [0.3, 0.4) is 0 Å². The van der Waals surface area contributed by atoms with Gasteiger partial charge in [-0.3, -0.25) is 0 Å². The van der Waals surface area contributed by atoms with E-state index in [2.05, 4.69) is 0 Å². The van der Waals surface area contributed by atoms with Crippen molar-refractivity contribution >= 4 is 6.29 Å². The molecule has 0 aliphatic carbocycles. The molecule has 0 bridgehead atoms. The van der Waals surface area contributed by atoms with E-state index in [-0.39, 0.29) is 6.29 Å². The van der Waals surface area contributed by atoms with E-state index >= 15 is 0 Å². The van der Waals surface area contributed by atoms with Gasteiger partial charge < -0.3 is 25.2 Å². The van der Waals surface area contributed by atoms with E-state index in [1.807, 2.05) is 0 Å². The van der Waals surface area contributed by atoms with Gasteiger partial charge in [-0.05, 0) is 6.92 Å². The fourth-order valence-electron chi connectivity index (χ4n) is 0.568. The summed E-state index contributed by atoms with van der Waals surface area (Å²) in [5.74, 6) is 0. The number of rotatable bonds is 4. The van der Waals surface area contributed by atoms with Crippen molar-refractivity contribution in [3.63, 3.8) is 0 Å². The summed E-state index contributed by atoms with van der Waals surface area (Å²) in [6.07, 6.45) is -5.88. The fourth-order valence-corrected chi connectivity index (χ4v) is 0.568. The highest BCUT2D eigenvalue weighted by Crippen LogP contribution is 2.02. The Bertz CT molecular complexity index is 124. The Morgan fingerprint density at radius 1 is 1.09 bits per heavy atom. The van der Waals surface area contributed by atoms with Gasteiger partial charge in [-0.1, -0.05) is 0 Å². The summed E-state index contributed by atoms with van der Waals surface area (Å²) in [6.45, 7) is 1.24. The Labute approximate surface area is 63.9 Å². The van der Waals surface area contributed by atoms with Crippen molar-refractivity contribution < 1.29 is 25.2 Å². The topological polar surface area (TPSA) is 98.0 Å². The predicted molar refractivity (Wildman–Crippen MR) is 35.8 cm³/mol. The number of hydrogen-bond acceptors (Lipinski definition) is 5. The maximum absolute atomic E-state index is 9.87. The van der Waals surface area contributed by atoms with Gasteiger partial charge in [-0.15, -0.1) is 0 Å². The van der Waals surface area contributed by atoms with E-state index in [9.17, 15) is 4.79 Å². The summed E-state index contributed by atoms with van der Waals surface area (Å²) in [5, 5.41) is 35.1. The van der Waals surface area contributed by atoms with E-state index < -0.39 is 24.4 Å². The quantitative estimate of drug-likeness (QED) is 0.276. The van der Waals surface area contributed by atoms with Gasteiger partial charge in [0.2, 0.25) is 0 Å². The van der Waals surface area contributed by atoms with E-state index in [4.69, 9.17) is 20.4 Å². The smallest absolute Gasteiger partial charge is 0.151 e. The molecule has 0 unspecified atom stereocenters. The van der Waals surface area contributed by atoms with Crippen LogP contribution < -0.4 is 0 Å². The van der Waals surface area contributed by atoms with Crippen LogP contribution in [-0.2, 0) is 4.79 Å². The summed E-state index contributed by atoms with van der Waals surface area (Å²) >= 11 is 0. The van der Waals surface area contributed by atoms with E-state index in [1.165, 1.54) is 6.92 Å². The third kappa shape index (κ3) is 2.94. The zero-order valence-electron chi connectivity index (χ0n) is 6.08. The van der Waals surface area contributed by atoms with Crippen molar-refractivity contribution in [1.29, 1.82) is 0 Å². The van der Waals surface area contributed by atoms with Crippen LogP contribution >= 0.6 is 0 Å². The molecule has 0 spiro atoms. The molecule has 0 saturated carbocycles. The Kier molecular flexibility index (Phi) is 4.20. The Balaban J connectivity index is 4.00. The molecule has 4 atom stereocenters. The van der Waals surface area contributed by atoms with Crippen molar-refractivity contribution in [2.24, 2.45) is 0 Å². The van der Waals surface area contributed by atoms with Gasteiger partial charge in [0.25, 0.3) is 0 Å². The highest BCUT2D eigenvalue weighted by molar-refractivity contribution is 5.56. The third-order valence-electron chi connectivity index (χ3n) is 1.33. The lowest BCUT2D eigenvalue weighted by Crippen LogP contribution is -2.43. The van der Waals surface area contributed by atoms with Gasteiger partial charge in [0, 0.05) is 0 Å². The summed E-state index contributed by atoms with van der Waals surface area (Å²) in [6, 6.07) is 0. The molecule has 0 aliphatic rings. The molecule has 5 heteroatoms. The van der Waals surface area contributed by atoms with Gasteiger partial charge in [0.15, 0.2) is 6.29 Å². The summed E-state index contributed by atoms with van der Waals surface area (Å²) in [4.78, 5) is 9.87. The van der Waals surface area contributed by atoms with Gasteiger partial charge in [0.1, 0.15) is 18.3 Å². The van der Waals surface area contributed by atoms with E-state index in [0.717, 1.165) is 0 Å². The highest BCUT2D eigenvalue weighted by Gasteiger charge is 2.27. The molecule has 0 aromatic carbocycles. The van der Waals surface area contributed by atoms with Crippen LogP contribution in [0.25, 0.3) is 0 Å². The van der Waals surface area contributed by atoms with Crippen molar-refractivity contribution in [2.75, 3.05) is 0 Å². The molecule has 0 rings (SSSR count). The SMILES string of the molecule is C[C@H](O)[C@H](O)[13C@@H](O)[C@@H](O)C=O. The normalized spacial score (nSPS) is 21.9. The largest absolute Gasteiger partial charge is 0.391 e. The average Bonchev–Trinajstić information content (AvgIpc) is 2.00. The highest BCUT2D eigenvalue weighted by atomic mass is 16.4. The molecule has 5 nitrogen and oxygen atoms in total. The number of aliphatic hydroxyl groups is 4. The zero-order valence-corrected chi connectivity index (χ0v) is 6.08. The van der Waals surface area contributed by atoms with Crippen LogP contribution in [-0.4, -0.2) is 51.1 Å². The molecular formula is C6H12O5. The van der Waals surface area contributed by atoms with Crippen LogP contribution in [0, 0.1) is 0 Å². The minimum atomic E-state index is -1.65. The summed E-state index contributed by atoms with van der Waals surface area (Å²) in [7, 11) is 0. The lowest BCUT2D eigenvalue weighted by atomic mass is 10.2. The number of carbonyl (C=O) groups is 1. The van der Waals surface area contributed by atoms with Crippen molar-refractivity contribution in [1.82, 2.24) is 0 Å². The lowest BCUT2D eigenvalue weighted by Gasteiger charge is -2.21. The van der Waals surface area contributed by atoms with Crippen molar-refractivity contribution in [3.05, 3.63) is 0 Å². The second kappa shape index (κ2) is 4.40. The molecule has 11 heavy (non-hydrogen) atoms. The van der Waals surface area contributed by atoms with Crippen LogP contribution in [0.15, 0.2) is 0 Å². The minimum absolute atomic E-state index is 0.0935. The first-order chi connectivity index (χ1) is 5.00. The third-order valence-corrected chi connectivity index (χ3v) is 1.33. The first kappa shape index (κ1) is 10.5. The van der Waals surface area contributed by atoms with Gasteiger partial charge in [-0.25, -0.2) is 0 Å². The van der Waals surface area contributed by atoms with Crippen LogP contribution in [0.5, 0.6) is 0 Å². The minimum Gasteiger partial charge on any atom is -0.391 e. The number of aliphatic hydroxyl groups excluding tert-OH is 4. The predicted octanol–water partition coefficient (Wildman–Crippen LogP) is -2.35. The molecular weight excluding hydrogens is 153 g/mol. The first-order valence-corrected chi connectivity index (χ1v) is 3.18. The monoisotopic (exact) mass is 165 g/mol. The maximum atomic E-state index is 9.87. The van der Waals surface area contributed by atoms with Crippen LogP contribution in [0.2, 0.25) is 0 Å². The van der Waals surface area contributed by atoms with Crippen molar-refractivity contribution in [2.45, 2.75) is 31.3 Å². The standard InChI is InChI=1S/C6H12O5/c1-3(8)5(10)6(11)4(9)2-7/h2-6,8-11H,1H3/t3-,4-,5-,6-/m0/s1/i6+1. The first-order valence-electron chi connectivity index (χ1n) is 3.18. The Hall–Kier alpha value is -0.490. The molecule has 66 valence electrons. The average molecular weight is 165 g/mol. The maximum Gasteiger partial charge on any atom is 0.151 e. The second-order valence-corrected chi connectivity index (χ2v) is 2.35. The molecule has 0 amide bonds. The van der Waals surface area contributed by atoms with Crippen LogP contribution in [0.4, 0.5) is 0 Å². The molecule has 0 fully saturated rings. The molecule has 0 aliphatic heterocycles. The van der Waals surface area contributed by atoms with E-state index in [1.54, 1.807) is 0 Å². The number of aldehydes is 1. The van der Waals surface area contributed by atoms with E-state index in [0.29, 0.717) is 0 Å².